The summed E-state index contributed by atoms with van der Waals surface area (Å²) in [6.07, 6.45) is 2.81. The first-order chi connectivity index (χ1) is 9.19. The minimum absolute atomic E-state index is 0.0146. The summed E-state index contributed by atoms with van der Waals surface area (Å²) in [5, 5.41) is 6.47. The number of nitrogens with zero attached hydrogens (tertiary/aromatic N) is 1. The lowest BCUT2D eigenvalue weighted by atomic mass is 9.95. The molecule has 0 fully saturated rings. The zero-order valence-electron chi connectivity index (χ0n) is 13.5. The molecule has 0 aromatic carbocycles. The Morgan fingerprint density at radius 3 is 2.60 bits per heavy atom. The molecule has 0 aliphatic heterocycles. The number of carbonyl (C=O) groups is 1. The van der Waals surface area contributed by atoms with Crippen molar-refractivity contribution in [3.8, 4) is 0 Å². The molecule has 20 heavy (non-hydrogen) atoms. The second-order valence-electron chi connectivity index (χ2n) is 6.30. The minimum atomic E-state index is -0.196. The van der Waals surface area contributed by atoms with Gasteiger partial charge < -0.3 is 10.6 Å². The van der Waals surface area contributed by atoms with Crippen molar-refractivity contribution in [2.45, 2.75) is 66.1 Å². The standard InChI is InChI=1S/C16H27N3O/c1-11-7-12(2)17-9-15(11)10-18-13(3)8-16(5,6)19-14(4)20/h7,9,13,18H,8,10H2,1-6H3,(H,19,20). The maximum atomic E-state index is 11.2. The van der Waals surface area contributed by atoms with Crippen LogP contribution in [0.4, 0.5) is 0 Å². The fourth-order valence-corrected chi connectivity index (χ4v) is 2.56. The molecule has 1 amide bonds. The molecule has 1 aromatic heterocycles. The van der Waals surface area contributed by atoms with Crippen LogP contribution in [0.5, 0.6) is 0 Å². The SMILES string of the molecule is CC(=O)NC(C)(C)CC(C)NCc1cnc(C)cc1C. The van der Waals surface area contributed by atoms with Gasteiger partial charge in [-0.2, -0.15) is 0 Å². The van der Waals surface area contributed by atoms with Crippen molar-refractivity contribution in [3.63, 3.8) is 0 Å². The zero-order chi connectivity index (χ0) is 15.3. The molecule has 0 radical (unpaired) electrons. The maximum Gasteiger partial charge on any atom is 0.217 e. The molecular formula is C16H27N3O. The highest BCUT2D eigenvalue weighted by molar-refractivity contribution is 5.73. The molecule has 1 rings (SSSR count). The third-order valence-corrected chi connectivity index (χ3v) is 3.33. The normalized spacial score (nSPS) is 13.1. The van der Waals surface area contributed by atoms with Crippen molar-refractivity contribution in [2.75, 3.05) is 0 Å². The molecule has 0 bridgehead atoms. The molecule has 1 unspecified atom stereocenters. The third kappa shape index (κ3) is 5.70. The molecule has 0 saturated carbocycles. The van der Waals surface area contributed by atoms with E-state index in [1.54, 1.807) is 6.92 Å². The van der Waals surface area contributed by atoms with Crippen LogP contribution >= 0.6 is 0 Å². The lowest BCUT2D eigenvalue weighted by Crippen LogP contribution is -2.46. The lowest BCUT2D eigenvalue weighted by molar-refractivity contribution is -0.120. The van der Waals surface area contributed by atoms with Crippen LogP contribution in [0.25, 0.3) is 0 Å². The van der Waals surface area contributed by atoms with E-state index in [1.165, 1.54) is 11.1 Å². The van der Waals surface area contributed by atoms with E-state index in [4.69, 9.17) is 0 Å². The van der Waals surface area contributed by atoms with Crippen LogP contribution in [0.2, 0.25) is 0 Å². The van der Waals surface area contributed by atoms with E-state index in [0.29, 0.717) is 6.04 Å². The van der Waals surface area contributed by atoms with Crippen LogP contribution in [0.3, 0.4) is 0 Å². The summed E-state index contributed by atoms with van der Waals surface area (Å²) in [6.45, 7) is 12.7. The van der Waals surface area contributed by atoms with Crippen molar-refractivity contribution in [3.05, 3.63) is 29.1 Å². The van der Waals surface area contributed by atoms with Gasteiger partial charge in [0.2, 0.25) is 5.91 Å². The Balaban J connectivity index is 2.50. The van der Waals surface area contributed by atoms with Gasteiger partial charge in [-0.25, -0.2) is 0 Å². The molecule has 4 heteroatoms. The summed E-state index contributed by atoms with van der Waals surface area (Å²) in [5.41, 5.74) is 3.34. The Hall–Kier alpha value is -1.42. The molecule has 1 aromatic rings. The number of amides is 1. The highest BCUT2D eigenvalue weighted by atomic mass is 16.1. The van der Waals surface area contributed by atoms with E-state index in [9.17, 15) is 4.79 Å². The Kier molecular flexibility index (Phi) is 5.69. The summed E-state index contributed by atoms with van der Waals surface area (Å²) in [6, 6.07) is 2.42. The Morgan fingerprint density at radius 1 is 1.40 bits per heavy atom. The first-order valence-corrected chi connectivity index (χ1v) is 7.14. The van der Waals surface area contributed by atoms with Gasteiger partial charge in [0.1, 0.15) is 0 Å². The van der Waals surface area contributed by atoms with Gasteiger partial charge in [-0.05, 0) is 58.2 Å². The topological polar surface area (TPSA) is 54.0 Å². The Morgan fingerprint density at radius 2 is 2.05 bits per heavy atom. The van der Waals surface area contributed by atoms with Crippen LogP contribution in [0.1, 0.15) is 50.9 Å². The number of carbonyl (C=O) groups excluding carboxylic acids is 1. The van der Waals surface area contributed by atoms with E-state index in [2.05, 4.69) is 35.5 Å². The van der Waals surface area contributed by atoms with Crippen molar-refractivity contribution >= 4 is 5.91 Å². The van der Waals surface area contributed by atoms with Gasteiger partial charge in [0.05, 0.1) is 0 Å². The number of rotatable bonds is 6. The third-order valence-electron chi connectivity index (χ3n) is 3.33. The van der Waals surface area contributed by atoms with E-state index in [1.807, 2.05) is 27.0 Å². The van der Waals surface area contributed by atoms with E-state index in [-0.39, 0.29) is 11.4 Å². The molecule has 1 atom stereocenters. The quantitative estimate of drug-likeness (QED) is 0.840. The van der Waals surface area contributed by atoms with E-state index in [0.717, 1.165) is 18.7 Å². The highest BCUT2D eigenvalue weighted by Crippen LogP contribution is 2.13. The number of hydrogen-bond donors (Lipinski definition) is 2. The fourth-order valence-electron chi connectivity index (χ4n) is 2.56. The molecule has 112 valence electrons. The van der Waals surface area contributed by atoms with Crippen molar-refractivity contribution in [1.82, 2.24) is 15.6 Å². The smallest absolute Gasteiger partial charge is 0.217 e. The number of hydrogen-bond acceptors (Lipinski definition) is 3. The van der Waals surface area contributed by atoms with Gasteiger partial charge >= 0.3 is 0 Å². The highest BCUT2D eigenvalue weighted by Gasteiger charge is 2.21. The van der Waals surface area contributed by atoms with Crippen molar-refractivity contribution in [1.29, 1.82) is 0 Å². The number of pyridine rings is 1. The number of nitrogens with one attached hydrogen (secondary N) is 2. The summed E-state index contributed by atoms with van der Waals surface area (Å²) in [4.78, 5) is 15.5. The minimum Gasteiger partial charge on any atom is -0.351 e. The molecule has 0 saturated heterocycles. The van der Waals surface area contributed by atoms with Crippen LogP contribution in [-0.4, -0.2) is 22.5 Å². The van der Waals surface area contributed by atoms with Crippen molar-refractivity contribution in [2.24, 2.45) is 0 Å². The molecule has 0 aliphatic carbocycles. The molecule has 2 N–H and O–H groups in total. The fraction of sp³-hybridized carbons (Fsp3) is 0.625. The Bertz CT molecular complexity index is 469. The lowest BCUT2D eigenvalue weighted by Gasteiger charge is -2.29. The predicted molar refractivity (Wildman–Crippen MR) is 82.5 cm³/mol. The summed E-state index contributed by atoms with van der Waals surface area (Å²) in [7, 11) is 0. The van der Waals surface area contributed by atoms with Crippen LogP contribution in [0, 0.1) is 13.8 Å². The first-order valence-electron chi connectivity index (χ1n) is 7.14. The molecule has 0 aliphatic rings. The maximum absolute atomic E-state index is 11.2. The van der Waals surface area contributed by atoms with Crippen molar-refractivity contribution < 1.29 is 4.79 Å². The second-order valence-corrected chi connectivity index (χ2v) is 6.30. The van der Waals surface area contributed by atoms with E-state index >= 15 is 0 Å². The van der Waals surface area contributed by atoms with Gasteiger partial charge in [0, 0.05) is 36.9 Å². The summed E-state index contributed by atoms with van der Waals surface area (Å²) < 4.78 is 0. The summed E-state index contributed by atoms with van der Waals surface area (Å²) in [5.74, 6) is 0.0146. The van der Waals surface area contributed by atoms with Crippen LogP contribution in [-0.2, 0) is 11.3 Å². The molecule has 4 nitrogen and oxygen atoms in total. The summed E-state index contributed by atoms with van der Waals surface area (Å²) >= 11 is 0. The average molecular weight is 277 g/mol. The monoisotopic (exact) mass is 277 g/mol. The van der Waals surface area contributed by atoms with E-state index < -0.39 is 0 Å². The Labute approximate surface area is 122 Å². The van der Waals surface area contributed by atoms with Gasteiger partial charge in [0.15, 0.2) is 0 Å². The number of aromatic nitrogens is 1. The van der Waals surface area contributed by atoms with Crippen LogP contribution < -0.4 is 10.6 Å². The second kappa shape index (κ2) is 6.84. The van der Waals surface area contributed by atoms with Gasteiger partial charge in [0.25, 0.3) is 0 Å². The molecule has 1 heterocycles. The largest absolute Gasteiger partial charge is 0.351 e. The van der Waals surface area contributed by atoms with Gasteiger partial charge in [-0.15, -0.1) is 0 Å². The first kappa shape index (κ1) is 16.6. The number of aryl methyl sites for hydroxylation is 2. The molecule has 0 spiro atoms. The van der Waals surface area contributed by atoms with Gasteiger partial charge in [-0.3, -0.25) is 9.78 Å². The predicted octanol–water partition coefficient (Wildman–Crippen LogP) is 2.48. The van der Waals surface area contributed by atoms with Crippen LogP contribution in [0.15, 0.2) is 12.3 Å². The van der Waals surface area contributed by atoms with Gasteiger partial charge in [-0.1, -0.05) is 0 Å². The average Bonchev–Trinajstić information content (AvgIpc) is 2.24. The molecular weight excluding hydrogens is 250 g/mol. The zero-order valence-corrected chi connectivity index (χ0v) is 13.5.